The van der Waals surface area contributed by atoms with Gasteiger partial charge in [-0.05, 0) is 85.7 Å². The molecule has 1 atom stereocenters. The van der Waals surface area contributed by atoms with E-state index >= 15 is 0 Å². The number of thioether (sulfide) groups is 1. The van der Waals surface area contributed by atoms with E-state index in [9.17, 15) is 9.59 Å². The van der Waals surface area contributed by atoms with Gasteiger partial charge in [0, 0.05) is 25.2 Å². The summed E-state index contributed by atoms with van der Waals surface area (Å²) in [5.41, 5.74) is 4.69. The number of benzene rings is 2. The molecule has 0 aromatic heterocycles. The van der Waals surface area contributed by atoms with Gasteiger partial charge in [-0.15, -0.1) is 0 Å². The molecule has 2 N–H and O–H groups in total. The normalized spacial score (nSPS) is 14.9. The smallest absolute Gasteiger partial charge is 0.328 e. The van der Waals surface area contributed by atoms with Crippen molar-refractivity contribution in [3.8, 4) is 11.1 Å². The number of hydrogen-bond donors (Lipinski definition) is 2. The van der Waals surface area contributed by atoms with Gasteiger partial charge in [-0.2, -0.15) is 11.8 Å². The number of hydrogen-bond acceptors (Lipinski definition) is 6. The van der Waals surface area contributed by atoms with Crippen LogP contribution >= 0.6 is 11.8 Å². The maximum atomic E-state index is 13.3. The molecular formula is C28H39N3O3S. The highest BCUT2D eigenvalue weighted by molar-refractivity contribution is 7.98. The zero-order chi connectivity index (χ0) is 25.0. The van der Waals surface area contributed by atoms with Crippen LogP contribution < -0.4 is 10.6 Å². The molecule has 3 rings (SSSR count). The Morgan fingerprint density at radius 3 is 2.57 bits per heavy atom. The Balaban J connectivity index is 1.76. The highest BCUT2D eigenvalue weighted by atomic mass is 32.2. The van der Waals surface area contributed by atoms with Gasteiger partial charge in [-0.3, -0.25) is 4.79 Å². The molecule has 0 radical (unpaired) electrons. The molecule has 0 aliphatic carbocycles. The van der Waals surface area contributed by atoms with Gasteiger partial charge < -0.3 is 20.3 Å². The predicted octanol–water partition coefficient (Wildman–Crippen LogP) is 4.26. The molecule has 6 nitrogen and oxygen atoms in total. The second-order valence-electron chi connectivity index (χ2n) is 9.10. The van der Waals surface area contributed by atoms with Gasteiger partial charge in [0.2, 0.25) is 0 Å². The topological polar surface area (TPSA) is 70.7 Å². The number of likely N-dealkylation sites (tertiary alicyclic amines) is 1. The van der Waals surface area contributed by atoms with Crippen LogP contribution in [0.5, 0.6) is 0 Å². The number of rotatable bonds is 12. The molecule has 190 valence electrons. The first-order valence-corrected chi connectivity index (χ1v) is 13.9. The molecule has 2 aromatic rings. The Kier molecular flexibility index (Phi) is 11.1. The van der Waals surface area contributed by atoms with Crippen molar-refractivity contribution < 1.29 is 14.3 Å². The minimum absolute atomic E-state index is 0.260. The van der Waals surface area contributed by atoms with Crippen LogP contribution in [0.3, 0.4) is 0 Å². The van der Waals surface area contributed by atoms with E-state index in [1.807, 2.05) is 36.6 Å². The molecule has 0 bridgehead atoms. The molecule has 35 heavy (non-hydrogen) atoms. The summed E-state index contributed by atoms with van der Waals surface area (Å²) in [6.45, 7) is 7.20. The number of esters is 1. The first-order chi connectivity index (χ1) is 17.0. The zero-order valence-corrected chi connectivity index (χ0v) is 22.1. The van der Waals surface area contributed by atoms with Gasteiger partial charge in [0.15, 0.2) is 0 Å². The largest absolute Gasteiger partial charge is 0.467 e. The maximum absolute atomic E-state index is 13.3. The van der Waals surface area contributed by atoms with Crippen LogP contribution in [0.4, 0.5) is 0 Å². The molecule has 1 unspecified atom stereocenters. The summed E-state index contributed by atoms with van der Waals surface area (Å²) in [6, 6.07) is 13.4. The Labute approximate surface area is 214 Å². The SMILES string of the molecule is COC(=O)C(CCSC)NC(=O)c1ccc(CNCCN2CCCCC2)cc1-c1ccccc1C. The van der Waals surface area contributed by atoms with E-state index in [1.54, 1.807) is 11.8 Å². The maximum Gasteiger partial charge on any atom is 0.328 e. The van der Waals surface area contributed by atoms with Crippen molar-refractivity contribution in [2.75, 3.05) is 45.3 Å². The zero-order valence-electron chi connectivity index (χ0n) is 21.3. The molecule has 1 saturated heterocycles. The molecule has 0 spiro atoms. The lowest BCUT2D eigenvalue weighted by Crippen LogP contribution is -2.42. The highest BCUT2D eigenvalue weighted by Gasteiger charge is 2.24. The number of carbonyl (C=O) groups is 2. The molecule has 1 heterocycles. The number of ether oxygens (including phenoxy) is 1. The van der Waals surface area contributed by atoms with Gasteiger partial charge in [0.1, 0.15) is 6.04 Å². The Bertz CT molecular complexity index is 976. The first kappa shape index (κ1) is 27.2. The van der Waals surface area contributed by atoms with Crippen molar-refractivity contribution in [3.63, 3.8) is 0 Å². The number of carbonyl (C=O) groups excluding carboxylic acids is 2. The lowest BCUT2D eigenvalue weighted by molar-refractivity contribution is -0.142. The van der Waals surface area contributed by atoms with Gasteiger partial charge in [-0.25, -0.2) is 4.79 Å². The number of aryl methyl sites for hydroxylation is 1. The minimum atomic E-state index is -0.666. The second kappa shape index (κ2) is 14.3. The van der Waals surface area contributed by atoms with Gasteiger partial charge in [0.25, 0.3) is 5.91 Å². The van der Waals surface area contributed by atoms with Crippen LogP contribution in [-0.4, -0.2) is 68.1 Å². The van der Waals surface area contributed by atoms with Crippen LogP contribution in [0.1, 0.15) is 47.2 Å². The fraction of sp³-hybridized carbons (Fsp3) is 0.500. The van der Waals surface area contributed by atoms with Crippen molar-refractivity contribution in [1.82, 2.24) is 15.5 Å². The summed E-state index contributed by atoms with van der Waals surface area (Å²) in [5, 5.41) is 6.47. The monoisotopic (exact) mass is 497 g/mol. The Morgan fingerprint density at radius 2 is 1.86 bits per heavy atom. The van der Waals surface area contributed by atoms with Gasteiger partial charge >= 0.3 is 5.97 Å². The molecule has 7 heteroatoms. The summed E-state index contributed by atoms with van der Waals surface area (Å²) in [6.07, 6.45) is 6.46. The van der Waals surface area contributed by atoms with Crippen LogP contribution in [0, 0.1) is 6.92 Å². The van der Waals surface area contributed by atoms with E-state index in [1.165, 1.54) is 39.5 Å². The van der Waals surface area contributed by atoms with Crippen molar-refractivity contribution >= 4 is 23.6 Å². The summed E-state index contributed by atoms with van der Waals surface area (Å²) >= 11 is 1.63. The standard InChI is InChI=1S/C28H39N3O3S/c1-21-9-5-6-10-23(21)25-19-22(20-29-14-17-31-15-7-4-8-16-31)11-12-24(25)27(32)30-26(13-18-35-3)28(33)34-2/h5-6,9-12,19,26,29H,4,7-8,13-18,20H2,1-3H3,(H,30,32). The van der Waals surface area contributed by atoms with Crippen LogP contribution in [0.25, 0.3) is 11.1 Å². The summed E-state index contributed by atoms with van der Waals surface area (Å²) in [7, 11) is 1.35. The van der Waals surface area contributed by atoms with Crippen LogP contribution in [-0.2, 0) is 16.1 Å². The average Bonchev–Trinajstić information content (AvgIpc) is 2.89. The highest BCUT2D eigenvalue weighted by Crippen LogP contribution is 2.28. The third-order valence-electron chi connectivity index (χ3n) is 6.55. The first-order valence-electron chi connectivity index (χ1n) is 12.5. The summed E-state index contributed by atoms with van der Waals surface area (Å²) in [4.78, 5) is 28.1. The quantitative estimate of drug-likeness (QED) is 0.337. The molecule has 1 aliphatic heterocycles. The van der Waals surface area contributed by atoms with Gasteiger partial charge in [0.05, 0.1) is 7.11 Å². The number of nitrogens with zero attached hydrogens (tertiary/aromatic N) is 1. The summed E-state index contributed by atoms with van der Waals surface area (Å²) in [5.74, 6) is 0.0796. The van der Waals surface area contributed by atoms with E-state index in [0.29, 0.717) is 12.0 Å². The molecule has 1 amide bonds. The van der Waals surface area contributed by atoms with Crippen LogP contribution in [0.2, 0.25) is 0 Å². The van der Waals surface area contributed by atoms with Crippen molar-refractivity contribution in [2.45, 2.75) is 45.2 Å². The fourth-order valence-electron chi connectivity index (χ4n) is 4.51. The third-order valence-corrected chi connectivity index (χ3v) is 7.19. The molecule has 1 aliphatic rings. The molecule has 0 saturated carbocycles. The van der Waals surface area contributed by atoms with Crippen molar-refractivity contribution in [2.24, 2.45) is 0 Å². The van der Waals surface area contributed by atoms with E-state index in [-0.39, 0.29) is 5.91 Å². The fourth-order valence-corrected chi connectivity index (χ4v) is 4.98. The van der Waals surface area contributed by atoms with E-state index in [2.05, 4.69) is 34.6 Å². The lowest BCUT2D eigenvalue weighted by atomic mass is 9.93. The lowest BCUT2D eigenvalue weighted by Gasteiger charge is -2.26. The number of methoxy groups -OCH3 is 1. The van der Waals surface area contributed by atoms with E-state index in [4.69, 9.17) is 4.74 Å². The number of amides is 1. The van der Waals surface area contributed by atoms with Crippen LogP contribution in [0.15, 0.2) is 42.5 Å². The predicted molar refractivity (Wildman–Crippen MR) is 145 cm³/mol. The van der Waals surface area contributed by atoms with Crippen molar-refractivity contribution in [3.05, 3.63) is 59.2 Å². The number of piperidine rings is 1. The molecule has 1 fully saturated rings. The average molecular weight is 498 g/mol. The van der Waals surface area contributed by atoms with Gasteiger partial charge in [-0.1, -0.05) is 36.8 Å². The second-order valence-corrected chi connectivity index (χ2v) is 10.1. The minimum Gasteiger partial charge on any atom is -0.467 e. The Morgan fingerprint density at radius 1 is 1.09 bits per heavy atom. The van der Waals surface area contributed by atoms with E-state index < -0.39 is 12.0 Å². The summed E-state index contributed by atoms with van der Waals surface area (Å²) < 4.78 is 4.92. The third kappa shape index (κ3) is 8.09. The van der Waals surface area contributed by atoms with Crippen molar-refractivity contribution in [1.29, 1.82) is 0 Å². The Hall–Kier alpha value is -2.35. The molecule has 2 aromatic carbocycles. The molecular weight excluding hydrogens is 458 g/mol. The number of nitrogens with one attached hydrogen (secondary N) is 2. The van der Waals surface area contributed by atoms with E-state index in [0.717, 1.165) is 47.6 Å².